The van der Waals surface area contributed by atoms with Gasteiger partial charge in [0.2, 0.25) is 0 Å². The highest BCUT2D eigenvalue weighted by atomic mass is 32.2. The molecule has 0 bridgehead atoms. The van der Waals surface area contributed by atoms with Gasteiger partial charge in [-0.05, 0) is 0 Å². The van der Waals surface area contributed by atoms with Gasteiger partial charge in [-0.15, -0.1) is 0 Å². The first-order valence-corrected chi connectivity index (χ1v) is 9.26. The number of nitrogens with two attached hydrogens (primary N) is 1. The van der Waals surface area contributed by atoms with Crippen molar-refractivity contribution in [2.45, 2.75) is 19.6 Å². The lowest BCUT2D eigenvalue weighted by Crippen LogP contribution is -2.47. The maximum absolute atomic E-state index is 11.0. The summed E-state index contributed by atoms with van der Waals surface area (Å²) in [7, 11) is -5.16. The summed E-state index contributed by atoms with van der Waals surface area (Å²) in [6.07, 6.45) is 0.451. The molecule has 0 atom stereocenters. The van der Waals surface area contributed by atoms with Crippen LogP contribution < -0.4 is 5.14 Å². The SMILES string of the molecule is C[Si](C)(C)CN(CCO)S(N)(=O)=O. The highest BCUT2D eigenvalue weighted by Crippen LogP contribution is 2.05. The molecule has 0 spiro atoms. The highest BCUT2D eigenvalue weighted by Gasteiger charge is 2.24. The Balaban J connectivity index is 4.46. The van der Waals surface area contributed by atoms with Gasteiger partial charge in [0.1, 0.15) is 0 Å². The molecule has 0 aliphatic carbocycles. The summed E-state index contributed by atoms with van der Waals surface area (Å²) >= 11 is 0. The van der Waals surface area contributed by atoms with Crippen LogP contribution in [0.5, 0.6) is 0 Å². The zero-order valence-corrected chi connectivity index (χ0v) is 10.1. The van der Waals surface area contributed by atoms with E-state index in [4.69, 9.17) is 10.2 Å². The van der Waals surface area contributed by atoms with E-state index in [-0.39, 0.29) is 13.2 Å². The van der Waals surface area contributed by atoms with E-state index >= 15 is 0 Å². The number of aliphatic hydroxyl groups excluding tert-OH is 1. The van der Waals surface area contributed by atoms with Gasteiger partial charge in [-0.2, -0.15) is 12.7 Å². The van der Waals surface area contributed by atoms with Crippen LogP contribution in [-0.4, -0.2) is 45.2 Å². The largest absolute Gasteiger partial charge is 0.395 e. The monoisotopic (exact) mass is 226 g/mol. The lowest BCUT2D eigenvalue weighted by molar-refractivity contribution is 0.262. The first kappa shape index (κ1) is 13.0. The van der Waals surface area contributed by atoms with Crippen LogP contribution in [0.4, 0.5) is 0 Å². The fourth-order valence-corrected chi connectivity index (χ4v) is 4.37. The predicted octanol–water partition coefficient (Wildman–Crippen LogP) is -0.638. The van der Waals surface area contributed by atoms with Crippen molar-refractivity contribution in [3.63, 3.8) is 0 Å². The second-order valence-corrected chi connectivity index (χ2v) is 11.1. The molecule has 0 aromatic heterocycles. The van der Waals surface area contributed by atoms with E-state index < -0.39 is 18.3 Å². The molecule has 80 valence electrons. The molecule has 0 aromatic rings. The van der Waals surface area contributed by atoms with Crippen LogP contribution in [0.1, 0.15) is 0 Å². The molecule has 0 radical (unpaired) electrons. The van der Waals surface area contributed by atoms with Crippen molar-refractivity contribution in [2.24, 2.45) is 5.14 Å². The second kappa shape index (κ2) is 4.51. The molecule has 13 heavy (non-hydrogen) atoms. The summed E-state index contributed by atoms with van der Waals surface area (Å²) in [6.45, 7) is 6.03. The minimum atomic E-state index is -3.65. The Kier molecular flexibility index (Phi) is 4.53. The van der Waals surface area contributed by atoms with Crippen LogP contribution in [0.25, 0.3) is 0 Å². The Morgan fingerprint density at radius 2 is 1.85 bits per heavy atom. The van der Waals surface area contributed by atoms with Gasteiger partial charge in [0.05, 0.1) is 14.7 Å². The third-order valence-corrected chi connectivity index (χ3v) is 3.95. The smallest absolute Gasteiger partial charge is 0.276 e. The van der Waals surface area contributed by atoms with E-state index in [0.29, 0.717) is 6.17 Å². The third kappa shape index (κ3) is 6.16. The lowest BCUT2D eigenvalue weighted by Gasteiger charge is -2.25. The maximum Gasteiger partial charge on any atom is 0.276 e. The van der Waals surface area contributed by atoms with Crippen molar-refractivity contribution in [1.82, 2.24) is 4.31 Å². The molecule has 0 fully saturated rings. The summed E-state index contributed by atoms with van der Waals surface area (Å²) < 4.78 is 23.2. The highest BCUT2D eigenvalue weighted by molar-refractivity contribution is 7.86. The normalized spacial score (nSPS) is 13.7. The lowest BCUT2D eigenvalue weighted by atomic mass is 10.7. The minimum Gasteiger partial charge on any atom is -0.395 e. The van der Waals surface area contributed by atoms with Gasteiger partial charge in [0.15, 0.2) is 0 Å². The molecule has 3 N–H and O–H groups in total. The molecule has 0 aliphatic rings. The van der Waals surface area contributed by atoms with Crippen molar-refractivity contribution in [1.29, 1.82) is 0 Å². The van der Waals surface area contributed by atoms with Gasteiger partial charge < -0.3 is 5.11 Å². The molecular weight excluding hydrogens is 208 g/mol. The van der Waals surface area contributed by atoms with Crippen molar-refractivity contribution < 1.29 is 13.5 Å². The molecule has 0 saturated heterocycles. The zero-order valence-electron chi connectivity index (χ0n) is 8.32. The summed E-state index contributed by atoms with van der Waals surface area (Å²) in [5.41, 5.74) is 0. The number of rotatable bonds is 5. The van der Waals surface area contributed by atoms with Gasteiger partial charge in [0, 0.05) is 12.7 Å². The molecule has 7 heteroatoms. The standard InChI is InChI=1S/C6H18N2O3SSi/c1-13(2,3)6-8(4-5-9)12(7,10)11/h9H,4-6H2,1-3H3,(H2,7,10,11). The van der Waals surface area contributed by atoms with Crippen LogP contribution in [0.3, 0.4) is 0 Å². The van der Waals surface area contributed by atoms with E-state index in [0.717, 1.165) is 4.31 Å². The Morgan fingerprint density at radius 1 is 1.38 bits per heavy atom. The Morgan fingerprint density at radius 3 is 2.08 bits per heavy atom. The number of hydrogen-bond donors (Lipinski definition) is 2. The third-order valence-electron chi connectivity index (χ3n) is 1.36. The van der Waals surface area contributed by atoms with E-state index in [1.165, 1.54) is 0 Å². The van der Waals surface area contributed by atoms with E-state index in [9.17, 15) is 8.42 Å². The van der Waals surface area contributed by atoms with Crippen molar-refractivity contribution in [3.8, 4) is 0 Å². The molecule has 0 aromatic carbocycles. The van der Waals surface area contributed by atoms with Crippen LogP contribution in [0, 0.1) is 0 Å². The number of aliphatic hydroxyl groups is 1. The van der Waals surface area contributed by atoms with Gasteiger partial charge >= 0.3 is 0 Å². The van der Waals surface area contributed by atoms with Crippen molar-refractivity contribution in [2.75, 3.05) is 19.3 Å². The Labute approximate surface area is 80.7 Å². The first-order valence-electron chi connectivity index (χ1n) is 4.05. The molecular formula is C6H18N2O3SSi. The predicted molar refractivity (Wildman–Crippen MR) is 55.1 cm³/mol. The second-order valence-electron chi connectivity index (χ2n) is 4.16. The van der Waals surface area contributed by atoms with Gasteiger partial charge in [-0.1, -0.05) is 19.6 Å². The summed E-state index contributed by atoms with van der Waals surface area (Å²) in [5.74, 6) is 0. The average molecular weight is 226 g/mol. The number of nitrogens with zero attached hydrogens (tertiary/aromatic N) is 1. The molecule has 0 heterocycles. The molecule has 0 unspecified atom stereocenters. The molecule has 5 nitrogen and oxygen atoms in total. The Hall–Kier alpha value is 0.0469. The van der Waals surface area contributed by atoms with Crippen LogP contribution in [-0.2, 0) is 10.2 Å². The number of hydrogen-bond acceptors (Lipinski definition) is 3. The van der Waals surface area contributed by atoms with Crippen LogP contribution in [0.15, 0.2) is 0 Å². The molecule has 0 saturated carbocycles. The summed E-state index contributed by atoms with van der Waals surface area (Å²) in [4.78, 5) is 0. The summed E-state index contributed by atoms with van der Waals surface area (Å²) in [5, 5.41) is 13.6. The Bertz CT molecular complexity index is 247. The molecule has 0 rings (SSSR count). The van der Waals surface area contributed by atoms with Gasteiger partial charge in [-0.3, -0.25) is 0 Å². The first-order chi connectivity index (χ1) is 5.67. The van der Waals surface area contributed by atoms with E-state index in [1.807, 2.05) is 19.6 Å². The van der Waals surface area contributed by atoms with E-state index in [2.05, 4.69) is 0 Å². The van der Waals surface area contributed by atoms with Crippen molar-refractivity contribution in [3.05, 3.63) is 0 Å². The topological polar surface area (TPSA) is 83.6 Å². The fourth-order valence-electron chi connectivity index (χ4n) is 0.937. The van der Waals surface area contributed by atoms with Crippen molar-refractivity contribution >= 4 is 18.3 Å². The average Bonchev–Trinajstić information content (AvgIpc) is 1.81. The fraction of sp³-hybridized carbons (Fsp3) is 1.00. The van der Waals surface area contributed by atoms with Gasteiger partial charge in [-0.25, -0.2) is 5.14 Å². The van der Waals surface area contributed by atoms with Crippen LogP contribution >= 0.6 is 0 Å². The van der Waals surface area contributed by atoms with Gasteiger partial charge in [0.25, 0.3) is 10.2 Å². The van der Waals surface area contributed by atoms with Crippen LogP contribution in [0.2, 0.25) is 19.6 Å². The molecule has 0 aliphatic heterocycles. The molecule has 0 amide bonds. The quantitative estimate of drug-likeness (QED) is 0.612. The maximum atomic E-state index is 11.0. The zero-order chi connectivity index (χ0) is 10.7. The summed E-state index contributed by atoms with van der Waals surface area (Å²) in [6, 6.07) is 0. The minimum absolute atomic E-state index is 0.0864. The van der Waals surface area contributed by atoms with E-state index in [1.54, 1.807) is 0 Å².